The first-order valence-electron chi connectivity index (χ1n) is 7.11. The number of carboxylic acids is 1. The number of nitrogens with zero attached hydrogens (tertiary/aromatic N) is 1. The zero-order chi connectivity index (χ0) is 16.4. The van der Waals surface area contributed by atoms with E-state index in [1.54, 1.807) is 41.3 Å². The molecule has 1 aliphatic rings. The van der Waals surface area contributed by atoms with Crippen LogP contribution in [0.3, 0.4) is 0 Å². The van der Waals surface area contributed by atoms with Crippen LogP contribution < -0.4 is 9.64 Å². The first-order valence-corrected chi connectivity index (χ1v) is 7.49. The summed E-state index contributed by atoms with van der Waals surface area (Å²) in [5.41, 5.74) is 0.717. The molecule has 23 heavy (non-hydrogen) atoms. The summed E-state index contributed by atoms with van der Waals surface area (Å²) in [5.74, 6) is -0.621. The monoisotopic (exact) mass is 331 g/mol. The Labute approximate surface area is 138 Å². The number of ether oxygens (including phenoxy) is 1. The van der Waals surface area contributed by atoms with Gasteiger partial charge in [0.2, 0.25) is 0 Å². The molecule has 3 rings (SSSR count). The van der Waals surface area contributed by atoms with Gasteiger partial charge < -0.3 is 14.7 Å². The lowest BCUT2D eigenvalue weighted by Crippen LogP contribution is -2.32. The van der Waals surface area contributed by atoms with Crippen molar-refractivity contribution in [3.63, 3.8) is 0 Å². The summed E-state index contributed by atoms with van der Waals surface area (Å²) in [6, 6.07) is 13.1. The van der Waals surface area contributed by atoms with Gasteiger partial charge in [0.05, 0.1) is 5.56 Å². The number of carbonyl (C=O) groups is 2. The van der Waals surface area contributed by atoms with E-state index in [0.29, 0.717) is 29.4 Å². The Hall–Kier alpha value is -2.53. The van der Waals surface area contributed by atoms with Crippen molar-refractivity contribution in [1.29, 1.82) is 0 Å². The maximum Gasteiger partial charge on any atom is 0.335 e. The van der Waals surface area contributed by atoms with Gasteiger partial charge in [0.1, 0.15) is 5.75 Å². The highest BCUT2D eigenvalue weighted by molar-refractivity contribution is 6.30. The summed E-state index contributed by atoms with van der Waals surface area (Å²) in [6.07, 6.45) is -0.0386. The number of carboxylic acid groups (broad SMARTS) is 1. The van der Waals surface area contributed by atoms with Gasteiger partial charge in [-0.3, -0.25) is 4.79 Å². The molecular weight excluding hydrogens is 318 g/mol. The van der Waals surface area contributed by atoms with Crippen molar-refractivity contribution in [1.82, 2.24) is 0 Å². The molecule has 0 aromatic heterocycles. The van der Waals surface area contributed by atoms with Crippen LogP contribution in [0.1, 0.15) is 16.8 Å². The molecular formula is C17H14ClNO4. The number of amides is 1. The van der Waals surface area contributed by atoms with Crippen LogP contribution in [0, 0.1) is 0 Å². The quantitative estimate of drug-likeness (QED) is 0.934. The summed E-state index contributed by atoms with van der Waals surface area (Å²) in [6.45, 7) is 0.486. The van der Waals surface area contributed by atoms with Gasteiger partial charge in [0.15, 0.2) is 6.10 Å². The van der Waals surface area contributed by atoms with E-state index in [9.17, 15) is 9.59 Å². The number of halogens is 1. The van der Waals surface area contributed by atoms with Gasteiger partial charge in [-0.2, -0.15) is 0 Å². The fourth-order valence-corrected chi connectivity index (χ4v) is 2.63. The number of hydrogen-bond acceptors (Lipinski definition) is 3. The van der Waals surface area contributed by atoms with E-state index in [1.165, 1.54) is 12.1 Å². The Morgan fingerprint density at radius 1 is 1.22 bits per heavy atom. The largest absolute Gasteiger partial charge is 0.481 e. The second-order valence-corrected chi connectivity index (χ2v) is 5.63. The molecule has 2 aromatic rings. The molecule has 0 aliphatic carbocycles. The zero-order valence-corrected chi connectivity index (χ0v) is 12.9. The maximum absolute atomic E-state index is 12.5. The van der Waals surface area contributed by atoms with Crippen LogP contribution in [0.2, 0.25) is 5.02 Å². The standard InChI is InChI=1S/C17H14ClNO4/c18-12-4-6-14(7-5-12)23-15-8-9-19(16(15)20)13-3-1-2-11(10-13)17(21)22/h1-7,10,15H,8-9H2,(H,21,22)/t15-/m1/s1. The Balaban J connectivity index is 1.75. The number of carbonyl (C=O) groups excluding carboxylic acids is 1. The van der Waals surface area contributed by atoms with E-state index in [1.807, 2.05) is 0 Å². The van der Waals surface area contributed by atoms with Crippen molar-refractivity contribution in [2.24, 2.45) is 0 Å². The van der Waals surface area contributed by atoms with E-state index < -0.39 is 12.1 Å². The molecule has 0 unspecified atom stereocenters. The second-order valence-electron chi connectivity index (χ2n) is 5.19. The summed E-state index contributed by atoms with van der Waals surface area (Å²) in [4.78, 5) is 25.1. The van der Waals surface area contributed by atoms with Crippen molar-refractivity contribution in [2.75, 3.05) is 11.4 Å². The van der Waals surface area contributed by atoms with Crippen molar-refractivity contribution in [3.05, 3.63) is 59.1 Å². The average Bonchev–Trinajstić information content (AvgIpc) is 2.91. The normalized spacial score (nSPS) is 17.3. The fraction of sp³-hybridized carbons (Fsp3) is 0.176. The minimum Gasteiger partial charge on any atom is -0.481 e. The molecule has 1 amide bonds. The molecule has 1 aliphatic heterocycles. The highest BCUT2D eigenvalue weighted by Gasteiger charge is 2.34. The van der Waals surface area contributed by atoms with Crippen LogP contribution >= 0.6 is 11.6 Å². The lowest BCUT2D eigenvalue weighted by atomic mass is 10.2. The molecule has 0 bridgehead atoms. The van der Waals surface area contributed by atoms with Crippen molar-refractivity contribution >= 4 is 29.2 Å². The smallest absolute Gasteiger partial charge is 0.335 e. The van der Waals surface area contributed by atoms with Crippen molar-refractivity contribution in [3.8, 4) is 5.75 Å². The Bertz CT molecular complexity index is 745. The van der Waals surface area contributed by atoms with Gasteiger partial charge in [0.25, 0.3) is 5.91 Å². The summed E-state index contributed by atoms with van der Waals surface area (Å²) >= 11 is 5.82. The van der Waals surface area contributed by atoms with Crippen LogP contribution in [-0.4, -0.2) is 29.6 Å². The SMILES string of the molecule is O=C(O)c1cccc(N2CC[C@@H](Oc3ccc(Cl)cc3)C2=O)c1. The molecule has 5 nitrogen and oxygen atoms in total. The zero-order valence-electron chi connectivity index (χ0n) is 12.1. The van der Waals surface area contributed by atoms with Crippen LogP contribution in [-0.2, 0) is 4.79 Å². The predicted octanol–water partition coefficient (Wildman–Crippen LogP) is 3.22. The topological polar surface area (TPSA) is 66.8 Å². The Kier molecular flexibility index (Phi) is 4.21. The third-order valence-electron chi connectivity index (χ3n) is 3.65. The minimum atomic E-state index is -1.02. The highest BCUT2D eigenvalue weighted by Crippen LogP contribution is 2.26. The van der Waals surface area contributed by atoms with Gasteiger partial charge >= 0.3 is 5.97 Å². The molecule has 118 valence electrons. The third-order valence-corrected chi connectivity index (χ3v) is 3.91. The van der Waals surface area contributed by atoms with Gasteiger partial charge in [0, 0.05) is 23.7 Å². The Morgan fingerprint density at radius 3 is 2.65 bits per heavy atom. The van der Waals surface area contributed by atoms with Crippen molar-refractivity contribution < 1.29 is 19.4 Å². The van der Waals surface area contributed by atoms with E-state index in [4.69, 9.17) is 21.4 Å². The molecule has 1 saturated heterocycles. The first-order chi connectivity index (χ1) is 11.0. The van der Waals surface area contributed by atoms with Gasteiger partial charge in [-0.15, -0.1) is 0 Å². The molecule has 1 N–H and O–H groups in total. The molecule has 0 saturated carbocycles. The van der Waals surface area contributed by atoms with E-state index in [0.717, 1.165) is 0 Å². The maximum atomic E-state index is 12.5. The molecule has 0 radical (unpaired) electrons. The molecule has 6 heteroatoms. The average molecular weight is 332 g/mol. The summed E-state index contributed by atoms with van der Waals surface area (Å²) in [7, 11) is 0. The Morgan fingerprint density at radius 2 is 1.96 bits per heavy atom. The summed E-state index contributed by atoms with van der Waals surface area (Å²) in [5, 5.41) is 9.65. The summed E-state index contributed by atoms with van der Waals surface area (Å²) < 4.78 is 5.71. The first kappa shape index (κ1) is 15.4. The predicted molar refractivity (Wildman–Crippen MR) is 86.2 cm³/mol. The van der Waals surface area contributed by atoms with Gasteiger partial charge in [-0.25, -0.2) is 4.79 Å². The molecule has 2 aromatic carbocycles. The van der Waals surface area contributed by atoms with Crippen LogP contribution in [0.15, 0.2) is 48.5 Å². The third kappa shape index (κ3) is 3.29. The minimum absolute atomic E-state index is 0.150. The lowest BCUT2D eigenvalue weighted by Gasteiger charge is -2.17. The number of benzene rings is 2. The fourth-order valence-electron chi connectivity index (χ4n) is 2.50. The number of aromatic carboxylic acids is 1. The van der Waals surface area contributed by atoms with E-state index >= 15 is 0 Å². The number of hydrogen-bond donors (Lipinski definition) is 1. The van der Waals surface area contributed by atoms with Crippen LogP contribution in [0.5, 0.6) is 5.75 Å². The van der Waals surface area contributed by atoms with Crippen LogP contribution in [0.25, 0.3) is 0 Å². The van der Waals surface area contributed by atoms with E-state index in [2.05, 4.69) is 0 Å². The highest BCUT2D eigenvalue weighted by atomic mass is 35.5. The van der Waals surface area contributed by atoms with E-state index in [-0.39, 0.29) is 11.5 Å². The molecule has 1 fully saturated rings. The number of anilines is 1. The van der Waals surface area contributed by atoms with Gasteiger partial charge in [-0.05, 0) is 42.5 Å². The number of rotatable bonds is 4. The lowest BCUT2D eigenvalue weighted by molar-refractivity contribution is -0.122. The van der Waals surface area contributed by atoms with Crippen LogP contribution in [0.4, 0.5) is 5.69 Å². The molecule has 1 atom stereocenters. The molecule has 1 heterocycles. The van der Waals surface area contributed by atoms with Gasteiger partial charge in [-0.1, -0.05) is 17.7 Å². The second kappa shape index (κ2) is 6.30. The van der Waals surface area contributed by atoms with Crippen molar-refractivity contribution in [2.45, 2.75) is 12.5 Å². The molecule has 0 spiro atoms.